The van der Waals surface area contributed by atoms with E-state index in [0.717, 1.165) is 11.4 Å². The minimum absolute atomic E-state index is 0.119. The normalized spacial score (nSPS) is 23.6. The fourth-order valence-corrected chi connectivity index (χ4v) is 2.58. The minimum Gasteiger partial charge on any atom is -0.495 e. The fourth-order valence-electron chi connectivity index (χ4n) is 2.58. The van der Waals surface area contributed by atoms with Crippen molar-refractivity contribution in [3.8, 4) is 5.75 Å². The zero-order chi connectivity index (χ0) is 11.1. The van der Waals surface area contributed by atoms with Crippen molar-refractivity contribution < 1.29 is 9.53 Å². The Balaban J connectivity index is 2.07. The molecule has 1 aromatic rings. The summed E-state index contributed by atoms with van der Waals surface area (Å²) >= 11 is 0. The number of carbonyl (C=O) groups is 1. The predicted octanol–water partition coefficient (Wildman–Crippen LogP) is 2.53. The minimum atomic E-state index is 0.119. The second-order valence-corrected chi connectivity index (χ2v) is 4.62. The number of ether oxygens (including phenoxy) is 1. The number of nitrogens with one attached hydrogen (secondary N) is 1. The van der Waals surface area contributed by atoms with Crippen LogP contribution >= 0.6 is 0 Å². The molecule has 1 heterocycles. The maximum Gasteiger partial charge on any atom is 0.225 e. The predicted molar refractivity (Wildman–Crippen MR) is 61.7 cm³/mol. The van der Waals surface area contributed by atoms with Gasteiger partial charge in [0.2, 0.25) is 5.91 Å². The molecule has 1 aliphatic heterocycles. The van der Waals surface area contributed by atoms with E-state index in [-0.39, 0.29) is 5.91 Å². The molecule has 0 radical (unpaired) electrons. The maximum absolute atomic E-state index is 11.7. The van der Waals surface area contributed by atoms with Crippen molar-refractivity contribution in [3.05, 3.63) is 23.8 Å². The number of anilines is 1. The Bertz CT molecular complexity index is 438. The van der Waals surface area contributed by atoms with Crippen LogP contribution in [0.4, 0.5) is 5.69 Å². The zero-order valence-electron chi connectivity index (χ0n) is 9.32. The van der Waals surface area contributed by atoms with Crippen LogP contribution in [0, 0.1) is 5.92 Å². The van der Waals surface area contributed by atoms with Gasteiger partial charge in [0.1, 0.15) is 5.75 Å². The molecule has 2 aliphatic rings. The summed E-state index contributed by atoms with van der Waals surface area (Å²) in [6.07, 6.45) is 3.15. The first-order valence-electron chi connectivity index (χ1n) is 5.76. The first-order valence-corrected chi connectivity index (χ1v) is 5.76. The Morgan fingerprint density at radius 2 is 2.19 bits per heavy atom. The fraction of sp³-hybridized carbons (Fsp3) is 0.462. The van der Waals surface area contributed by atoms with Crippen LogP contribution in [0.2, 0.25) is 0 Å². The number of amides is 1. The van der Waals surface area contributed by atoms with Crippen molar-refractivity contribution in [1.29, 1.82) is 0 Å². The van der Waals surface area contributed by atoms with Gasteiger partial charge in [-0.1, -0.05) is 12.1 Å². The van der Waals surface area contributed by atoms with E-state index in [1.165, 1.54) is 18.4 Å². The van der Waals surface area contributed by atoms with Gasteiger partial charge in [0.05, 0.1) is 12.8 Å². The highest BCUT2D eigenvalue weighted by Crippen LogP contribution is 2.50. The lowest BCUT2D eigenvalue weighted by Crippen LogP contribution is -2.24. The number of hydrogen-bond donors (Lipinski definition) is 1. The van der Waals surface area contributed by atoms with E-state index < -0.39 is 0 Å². The Morgan fingerprint density at radius 3 is 2.88 bits per heavy atom. The van der Waals surface area contributed by atoms with Gasteiger partial charge in [-0.25, -0.2) is 0 Å². The van der Waals surface area contributed by atoms with Crippen molar-refractivity contribution in [1.82, 2.24) is 0 Å². The average molecular weight is 217 g/mol. The number of benzene rings is 1. The molecule has 1 amide bonds. The number of fused-ring (bicyclic) bond motifs is 1. The molecule has 84 valence electrons. The zero-order valence-corrected chi connectivity index (χ0v) is 9.32. The first kappa shape index (κ1) is 9.70. The van der Waals surface area contributed by atoms with Crippen molar-refractivity contribution in [2.24, 2.45) is 5.92 Å². The standard InChI is InChI=1S/C13H15NO2/c1-16-11-4-2-3-9-10(8-5-6-8)7-12(15)14-13(9)11/h2-4,8,10H,5-7H2,1H3,(H,14,15). The summed E-state index contributed by atoms with van der Waals surface area (Å²) in [5.74, 6) is 2.00. The summed E-state index contributed by atoms with van der Waals surface area (Å²) in [6, 6.07) is 6.01. The van der Waals surface area contributed by atoms with Crippen LogP contribution in [0.3, 0.4) is 0 Å². The van der Waals surface area contributed by atoms with E-state index in [9.17, 15) is 4.79 Å². The molecule has 0 bridgehead atoms. The van der Waals surface area contributed by atoms with Crippen LogP contribution in [0.15, 0.2) is 18.2 Å². The number of para-hydroxylation sites is 1. The third-order valence-electron chi connectivity index (χ3n) is 3.54. The van der Waals surface area contributed by atoms with E-state index in [0.29, 0.717) is 18.3 Å². The van der Waals surface area contributed by atoms with Gasteiger partial charge in [-0.15, -0.1) is 0 Å². The molecule has 1 N–H and O–H groups in total. The highest BCUT2D eigenvalue weighted by molar-refractivity contribution is 5.96. The summed E-state index contributed by atoms with van der Waals surface area (Å²) in [5.41, 5.74) is 2.14. The Kier molecular flexibility index (Phi) is 2.13. The molecule has 1 unspecified atom stereocenters. The SMILES string of the molecule is COc1cccc2c1NC(=O)CC2C1CC1. The third-order valence-corrected chi connectivity index (χ3v) is 3.54. The number of carbonyl (C=O) groups excluding carboxylic acids is 1. The van der Waals surface area contributed by atoms with Gasteiger partial charge >= 0.3 is 0 Å². The molecule has 1 aromatic carbocycles. The molecule has 0 aromatic heterocycles. The Labute approximate surface area is 94.8 Å². The van der Waals surface area contributed by atoms with Crippen molar-refractivity contribution in [2.75, 3.05) is 12.4 Å². The molecule has 0 spiro atoms. The van der Waals surface area contributed by atoms with Gasteiger partial charge < -0.3 is 10.1 Å². The molecule has 16 heavy (non-hydrogen) atoms. The maximum atomic E-state index is 11.7. The summed E-state index contributed by atoms with van der Waals surface area (Å²) in [6.45, 7) is 0. The van der Waals surface area contributed by atoms with Crippen molar-refractivity contribution in [3.63, 3.8) is 0 Å². The smallest absolute Gasteiger partial charge is 0.225 e. The topological polar surface area (TPSA) is 38.3 Å². The number of rotatable bonds is 2. The number of methoxy groups -OCH3 is 1. The molecule has 1 atom stereocenters. The van der Waals surface area contributed by atoms with Crippen LogP contribution in [-0.4, -0.2) is 13.0 Å². The summed E-state index contributed by atoms with van der Waals surface area (Å²) in [4.78, 5) is 11.7. The van der Waals surface area contributed by atoms with E-state index in [1.807, 2.05) is 12.1 Å². The first-order chi connectivity index (χ1) is 7.79. The van der Waals surface area contributed by atoms with Gasteiger partial charge in [-0.3, -0.25) is 4.79 Å². The lowest BCUT2D eigenvalue weighted by Gasteiger charge is -2.26. The van der Waals surface area contributed by atoms with E-state index in [1.54, 1.807) is 7.11 Å². The van der Waals surface area contributed by atoms with E-state index in [2.05, 4.69) is 11.4 Å². The van der Waals surface area contributed by atoms with Crippen LogP contribution in [-0.2, 0) is 4.79 Å². The lowest BCUT2D eigenvalue weighted by molar-refractivity contribution is -0.117. The molecular formula is C13H15NO2. The van der Waals surface area contributed by atoms with E-state index in [4.69, 9.17) is 4.74 Å². The van der Waals surface area contributed by atoms with Crippen molar-refractivity contribution in [2.45, 2.75) is 25.2 Å². The second kappa shape index (κ2) is 3.51. The summed E-state index contributed by atoms with van der Waals surface area (Å²) in [5, 5.41) is 2.93. The van der Waals surface area contributed by atoms with Crippen LogP contribution in [0.25, 0.3) is 0 Å². The molecule has 1 aliphatic carbocycles. The molecule has 0 saturated heterocycles. The molecule has 1 saturated carbocycles. The third kappa shape index (κ3) is 1.47. The Hall–Kier alpha value is -1.51. The van der Waals surface area contributed by atoms with Crippen molar-refractivity contribution >= 4 is 11.6 Å². The highest BCUT2D eigenvalue weighted by atomic mass is 16.5. The highest BCUT2D eigenvalue weighted by Gasteiger charge is 2.38. The average Bonchev–Trinajstić information content (AvgIpc) is 3.11. The summed E-state index contributed by atoms with van der Waals surface area (Å²) in [7, 11) is 1.64. The van der Waals surface area contributed by atoms with Crippen LogP contribution < -0.4 is 10.1 Å². The van der Waals surface area contributed by atoms with Gasteiger partial charge in [0.15, 0.2) is 0 Å². The van der Waals surface area contributed by atoms with Gasteiger partial charge in [-0.2, -0.15) is 0 Å². The van der Waals surface area contributed by atoms with Gasteiger partial charge in [0.25, 0.3) is 0 Å². The van der Waals surface area contributed by atoms with Crippen LogP contribution in [0.1, 0.15) is 30.7 Å². The monoisotopic (exact) mass is 217 g/mol. The molecule has 3 rings (SSSR count). The molecule has 3 nitrogen and oxygen atoms in total. The summed E-state index contributed by atoms with van der Waals surface area (Å²) < 4.78 is 5.29. The molecule has 3 heteroatoms. The molecular weight excluding hydrogens is 202 g/mol. The van der Waals surface area contributed by atoms with E-state index >= 15 is 0 Å². The quantitative estimate of drug-likeness (QED) is 0.826. The molecule has 1 fully saturated rings. The Morgan fingerprint density at radius 1 is 1.38 bits per heavy atom. The van der Waals surface area contributed by atoms with Gasteiger partial charge in [-0.05, 0) is 36.3 Å². The number of hydrogen-bond acceptors (Lipinski definition) is 2. The van der Waals surface area contributed by atoms with Gasteiger partial charge in [0, 0.05) is 6.42 Å². The van der Waals surface area contributed by atoms with Crippen LogP contribution in [0.5, 0.6) is 5.75 Å². The largest absolute Gasteiger partial charge is 0.495 e. The lowest BCUT2D eigenvalue weighted by atomic mass is 9.86. The second-order valence-electron chi connectivity index (χ2n) is 4.62.